The quantitative estimate of drug-likeness (QED) is 0.746. The van der Waals surface area contributed by atoms with Crippen LogP contribution in [0.3, 0.4) is 0 Å². The fourth-order valence-electron chi connectivity index (χ4n) is 2.98. The van der Waals surface area contributed by atoms with Crippen LogP contribution in [0.4, 0.5) is 4.39 Å². The Morgan fingerprint density at radius 1 is 1.19 bits per heavy atom. The van der Waals surface area contributed by atoms with Crippen LogP contribution in [0.5, 0.6) is 0 Å². The minimum absolute atomic E-state index is 0.102. The van der Waals surface area contributed by atoms with E-state index in [4.69, 9.17) is 4.74 Å². The molecule has 1 aromatic rings. The Kier molecular flexibility index (Phi) is 8.19. The summed E-state index contributed by atoms with van der Waals surface area (Å²) in [6, 6.07) is 5.40. The van der Waals surface area contributed by atoms with Crippen molar-refractivity contribution in [3.05, 3.63) is 35.6 Å². The molecule has 0 radical (unpaired) electrons. The molecule has 1 aliphatic rings. The molecule has 1 saturated heterocycles. The first-order chi connectivity index (χ1) is 12.9. The number of hydrogen-bond acceptors (Lipinski definition) is 4. The Labute approximate surface area is 160 Å². The first kappa shape index (κ1) is 21.3. The minimum Gasteiger partial charge on any atom is -0.379 e. The fourth-order valence-corrected chi connectivity index (χ4v) is 2.98. The molecule has 7 heteroatoms. The molecule has 0 bridgehead atoms. The van der Waals surface area contributed by atoms with Gasteiger partial charge in [-0.15, -0.1) is 0 Å². The third-order valence-electron chi connectivity index (χ3n) is 4.72. The van der Waals surface area contributed by atoms with Crippen LogP contribution in [0.25, 0.3) is 0 Å². The number of carbonyl (C=O) groups excluding carboxylic acids is 2. The molecule has 1 fully saturated rings. The molecule has 1 aromatic carbocycles. The van der Waals surface area contributed by atoms with Crippen molar-refractivity contribution in [2.75, 3.05) is 39.4 Å². The standard InChI is InChI=1S/C20H30FN3O3/c1-15(2)20(26)24(14-17-4-6-18(21)7-5-17)16(3)19(25)22-8-9-23-10-12-27-13-11-23/h4-7,15-16H,8-14H2,1-3H3,(H,22,25). The van der Waals surface area contributed by atoms with E-state index in [2.05, 4.69) is 10.2 Å². The molecule has 0 aromatic heterocycles. The van der Waals surface area contributed by atoms with Crippen LogP contribution in [0.15, 0.2) is 24.3 Å². The normalized spacial score (nSPS) is 16.2. The lowest BCUT2D eigenvalue weighted by molar-refractivity contribution is -0.143. The van der Waals surface area contributed by atoms with Gasteiger partial charge in [-0.2, -0.15) is 0 Å². The average Bonchev–Trinajstić information content (AvgIpc) is 2.67. The number of ether oxygens (including phenoxy) is 1. The molecule has 1 heterocycles. The third kappa shape index (κ3) is 6.59. The van der Waals surface area contributed by atoms with Gasteiger partial charge in [0.2, 0.25) is 11.8 Å². The summed E-state index contributed by atoms with van der Waals surface area (Å²) in [6.07, 6.45) is 0. The van der Waals surface area contributed by atoms with Gasteiger partial charge in [0.05, 0.1) is 13.2 Å². The number of nitrogens with zero attached hydrogens (tertiary/aromatic N) is 2. The summed E-state index contributed by atoms with van der Waals surface area (Å²) in [4.78, 5) is 29.0. The lowest BCUT2D eigenvalue weighted by Crippen LogP contribution is -2.50. The molecular weight excluding hydrogens is 349 g/mol. The van der Waals surface area contributed by atoms with Gasteiger partial charge in [-0.25, -0.2) is 4.39 Å². The van der Waals surface area contributed by atoms with E-state index in [9.17, 15) is 14.0 Å². The molecule has 0 aliphatic carbocycles. The number of halogens is 1. The SMILES string of the molecule is CC(C)C(=O)N(Cc1ccc(F)cc1)C(C)C(=O)NCCN1CCOCC1. The molecule has 0 spiro atoms. The molecule has 1 aliphatic heterocycles. The first-order valence-electron chi connectivity index (χ1n) is 9.51. The summed E-state index contributed by atoms with van der Waals surface area (Å²) in [7, 11) is 0. The number of nitrogens with one attached hydrogen (secondary N) is 1. The van der Waals surface area contributed by atoms with Crippen LogP contribution in [0.1, 0.15) is 26.3 Å². The van der Waals surface area contributed by atoms with Crippen LogP contribution >= 0.6 is 0 Å². The van der Waals surface area contributed by atoms with E-state index in [-0.39, 0.29) is 30.1 Å². The van der Waals surface area contributed by atoms with Crippen molar-refractivity contribution in [3.8, 4) is 0 Å². The van der Waals surface area contributed by atoms with E-state index in [1.165, 1.54) is 12.1 Å². The Morgan fingerprint density at radius 3 is 2.41 bits per heavy atom. The average molecular weight is 379 g/mol. The fraction of sp³-hybridized carbons (Fsp3) is 0.600. The molecule has 150 valence electrons. The second-order valence-electron chi connectivity index (χ2n) is 7.17. The van der Waals surface area contributed by atoms with Gasteiger partial charge in [0.15, 0.2) is 0 Å². The molecule has 2 rings (SSSR count). The molecule has 6 nitrogen and oxygen atoms in total. The highest BCUT2D eigenvalue weighted by Crippen LogP contribution is 2.14. The largest absolute Gasteiger partial charge is 0.379 e. The number of amides is 2. The van der Waals surface area contributed by atoms with Gasteiger partial charge in [0, 0.05) is 38.6 Å². The molecule has 2 amide bonds. The summed E-state index contributed by atoms with van der Waals surface area (Å²) in [6.45, 7) is 10.1. The summed E-state index contributed by atoms with van der Waals surface area (Å²) < 4.78 is 18.4. The summed E-state index contributed by atoms with van der Waals surface area (Å²) in [5.41, 5.74) is 0.790. The highest BCUT2D eigenvalue weighted by atomic mass is 19.1. The second kappa shape index (κ2) is 10.4. The van der Waals surface area contributed by atoms with Crippen LogP contribution in [0.2, 0.25) is 0 Å². The highest BCUT2D eigenvalue weighted by Gasteiger charge is 2.27. The van der Waals surface area contributed by atoms with Crippen LogP contribution in [-0.2, 0) is 20.9 Å². The Hall–Kier alpha value is -1.99. The van der Waals surface area contributed by atoms with Crippen molar-refractivity contribution < 1.29 is 18.7 Å². The van der Waals surface area contributed by atoms with Crippen molar-refractivity contribution in [1.82, 2.24) is 15.1 Å². The second-order valence-corrected chi connectivity index (χ2v) is 7.17. The summed E-state index contributed by atoms with van der Waals surface area (Å²) in [5.74, 6) is -0.835. The zero-order valence-corrected chi connectivity index (χ0v) is 16.4. The van der Waals surface area contributed by atoms with E-state index in [0.29, 0.717) is 6.54 Å². The van der Waals surface area contributed by atoms with Crippen LogP contribution in [0, 0.1) is 11.7 Å². The minimum atomic E-state index is -0.602. The predicted octanol–water partition coefficient (Wildman–Crippen LogP) is 1.65. The Bertz CT molecular complexity index is 615. The van der Waals surface area contributed by atoms with E-state index >= 15 is 0 Å². The number of benzene rings is 1. The number of hydrogen-bond donors (Lipinski definition) is 1. The van der Waals surface area contributed by atoms with E-state index in [1.807, 2.05) is 13.8 Å². The van der Waals surface area contributed by atoms with E-state index in [0.717, 1.165) is 38.4 Å². The number of morpholine rings is 1. The molecule has 1 N–H and O–H groups in total. The Morgan fingerprint density at radius 2 is 1.81 bits per heavy atom. The zero-order valence-electron chi connectivity index (χ0n) is 16.4. The lowest BCUT2D eigenvalue weighted by Gasteiger charge is -2.31. The van der Waals surface area contributed by atoms with E-state index in [1.54, 1.807) is 24.0 Å². The molecule has 0 saturated carbocycles. The van der Waals surface area contributed by atoms with E-state index < -0.39 is 6.04 Å². The van der Waals surface area contributed by atoms with Crippen molar-refractivity contribution >= 4 is 11.8 Å². The highest BCUT2D eigenvalue weighted by molar-refractivity contribution is 5.88. The maximum absolute atomic E-state index is 13.1. The number of rotatable bonds is 8. The molecule has 27 heavy (non-hydrogen) atoms. The third-order valence-corrected chi connectivity index (χ3v) is 4.72. The van der Waals surface area contributed by atoms with Crippen LogP contribution < -0.4 is 5.32 Å². The maximum atomic E-state index is 13.1. The van der Waals surface area contributed by atoms with Gasteiger partial charge in [-0.1, -0.05) is 26.0 Å². The van der Waals surface area contributed by atoms with Gasteiger partial charge < -0.3 is 15.0 Å². The predicted molar refractivity (Wildman–Crippen MR) is 102 cm³/mol. The van der Waals surface area contributed by atoms with Gasteiger partial charge in [-0.3, -0.25) is 14.5 Å². The number of carbonyl (C=O) groups is 2. The first-order valence-corrected chi connectivity index (χ1v) is 9.51. The molecule has 1 atom stereocenters. The van der Waals surface area contributed by atoms with Crippen molar-refractivity contribution in [2.24, 2.45) is 5.92 Å². The Balaban J connectivity index is 1.94. The van der Waals surface area contributed by atoms with Crippen LogP contribution in [-0.4, -0.2) is 67.0 Å². The topological polar surface area (TPSA) is 61.9 Å². The van der Waals surface area contributed by atoms with Crippen molar-refractivity contribution in [1.29, 1.82) is 0 Å². The maximum Gasteiger partial charge on any atom is 0.242 e. The monoisotopic (exact) mass is 379 g/mol. The molecule has 1 unspecified atom stereocenters. The molecular formula is C20H30FN3O3. The van der Waals surface area contributed by atoms with Crippen molar-refractivity contribution in [3.63, 3.8) is 0 Å². The van der Waals surface area contributed by atoms with Gasteiger partial charge in [-0.05, 0) is 24.6 Å². The smallest absolute Gasteiger partial charge is 0.242 e. The van der Waals surface area contributed by atoms with Gasteiger partial charge >= 0.3 is 0 Å². The lowest BCUT2D eigenvalue weighted by atomic mass is 10.1. The summed E-state index contributed by atoms with van der Waals surface area (Å²) >= 11 is 0. The zero-order chi connectivity index (χ0) is 19.8. The summed E-state index contributed by atoms with van der Waals surface area (Å²) in [5, 5.41) is 2.92. The van der Waals surface area contributed by atoms with Crippen molar-refractivity contribution in [2.45, 2.75) is 33.4 Å². The van der Waals surface area contributed by atoms with Gasteiger partial charge in [0.25, 0.3) is 0 Å². The van der Waals surface area contributed by atoms with Gasteiger partial charge in [0.1, 0.15) is 11.9 Å².